The molecule has 2 aromatic heterocycles. The summed E-state index contributed by atoms with van der Waals surface area (Å²) in [5.74, 6) is 1.22. The van der Waals surface area contributed by atoms with E-state index in [0.717, 1.165) is 38.2 Å². The van der Waals surface area contributed by atoms with Crippen LogP contribution in [0.2, 0.25) is 0 Å². The SMILES string of the molecule is O=C(NCc1nc2ccc(F)cc2[nH]1)[C@@H]1CCCN(Cc2ccco2)C1. The predicted molar refractivity (Wildman–Crippen MR) is 94.6 cm³/mol. The van der Waals surface area contributed by atoms with Crippen LogP contribution in [0.1, 0.15) is 24.4 Å². The van der Waals surface area contributed by atoms with Gasteiger partial charge in [0.25, 0.3) is 0 Å². The van der Waals surface area contributed by atoms with Crippen LogP contribution in [0.25, 0.3) is 11.0 Å². The highest BCUT2D eigenvalue weighted by molar-refractivity contribution is 5.79. The quantitative estimate of drug-likeness (QED) is 0.737. The zero-order valence-electron chi connectivity index (χ0n) is 14.4. The lowest BCUT2D eigenvalue weighted by Crippen LogP contribution is -2.42. The third-order valence-corrected chi connectivity index (χ3v) is 4.76. The lowest BCUT2D eigenvalue weighted by Gasteiger charge is -2.31. The number of halogens is 1. The molecule has 1 atom stereocenters. The number of amides is 1. The molecule has 0 spiro atoms. The van der Waals surface area contributed by atoms with Crippen molar-refractivity contribution in [2.75, 3.05) is 13.1 Å². The molecule has 0 aliphatic carbocycles. The number of fused-ring (bicyclic) bond motifs is 1. The number of aromatic amines is 1. The molecule has 1 aliphatic heterocycles. The summed E-state index contributed by atoms with van der Waals surface area (Å²) in [6, 6.07) is 8.24. The number of H-pyrrole nitrogens is 1. The molecule has 0 radical (unpaired) electrons. The molecular weight excluding hydrogens is 335 g/mol. The molecule has 136 valence electrons. The molecule has 3 heterocycles. The summed E-state index contributed by atoms with van der Waals surface area (Å²) in [7, 11) is 0. The van der Waals surface area contributed by atoms with E-state index < -0.39 is 0 Å². The van der Waals surface area contributed by atoms with Crippen LogP contribution in [0, 0.1) is 11.7 Å². The summed E-state index contributed by atoms with van der Waals surface area (Å²) < 4.78 is 18.6. The van der Waals surface area contributed by atoms with Gasteiger partial charge in [0.15, 0.2) is 0 Å². The monoisotopic (exact) mass is 356 g/mol. The van der Waals surface area contributed by atoms with E-state index in [1.54, 1.807) is 12.3 Å². The van der Waals surface area contributed by atoms with Crippen LogP contribution in [0.4, 0.5) is 4.39 Å². The van der Waals surface area contributed by atoms with E-state index in [0.29, 0.717) is 23.4 Å². The number of piperidine rings is 1. The number of rotatable bonds is 5. The third-order valence-electron chi connectivity index (χ3n) is 4.76. The summed E-state index contributed by atoms with van der Waals surface area (Å²) >= 11 is 0. The first-order valence-corrected chi connectivity index (χ1v) is 8.84. The van der Waals surface area contributed by atoms with Crippen molar-refractivity contribution in [2.45, 2.75) is 25.9 Å². The van der Waals surface area contributed by atoms with Crippen LogP contribution in [-0.4, -0.2) is 33.9 Å². The Morgan fingerprint density at radius 1 is 1.42 bits per heavy atom. The highest BCUT2D eigenvalue weighted by Crippen LogP contribution is 2.19. The minimum absolute atomic E-state index is 0.0285. The van der Waals surface area contributed by atoms with Crippen molar-refractivity contribution in [1.82, 2.24) is 20.2 Å². The van der Waals surface area contributed by atoms with Gasteiger partial charge in [-0.1, -0.05) is 0 Å². The first-order chi connectivity index (χ1) is 12.7. The largest absolute Gasteiger partial charge is 0.468 e. The van der Waals surface area contributed by atoms with Crippen molar-refractivity contribution in [3.05, 3.63) is 54.0 Å². The number of carbonyl (C=O) groups excluding carboxylic acids is 1. The van der Waals surface area contributed by atoms with Gasteiger partial charge in [-0.05, 0) is 49.7 Å². The average Bonchev–Trinajstić information content (AvgIpc) is 3.28. The highest BCUT2D eigenvalue weighted by Gasteiger charge is 2.26. The summed E-state index contributed by atoms with van der Waals surface area (Å²) in [5.41, 5.74) is 1.33. The van der Waals surface area contributed by atoms with Crippen molar-refractivity contribution in [3.8, 4) is 0 Å². The van der Waals surface area contributed by atoms with Crippen LogP contribution >= 0.6 is 0 Å². The van der Waals surface area contributed by atoms with Gasteiger partial charge < -0.3 is 14.7 Å². The van der Waals surface area contributed by atoms with E-state index in [4.69, 9.17) is 4.42 Å². The Hall–Kier alpha value is -2.67. The molecule has 6 nitrogen and oxygen atoms in total. The molecule has 1 aliphatic rings. The van der Waals surface area contributed by atoms with E-state index in [2.05, 4.69) is 20.2 Å². The van der Waals surface area contributed by atoms with Crippen molar-refractivity contribution in [2.24, 2.45) is 5.92 Å². The van der Waals surface area contributed by atoms with Crippen LogP contribution < -0.4 is 5.32 Å². The maximum atomic E-state index is 13.2. The Kier molecular flexibility index (Phi) is 4.71. The summed E-state index contributed by atoms with van der Waals surface area (Å²) in [5, 5.41) is 2.95. The van der Waals surface area contributed by atoms with Crippen LogP contribution in [0.5, 0.6) is 0 Å². The van der Waals surface area contributed by atoms with Gasteiger partial charge in [0.05, 0.1) is 36.3 Å². The molecule has 4 rings (SSSR count). The molecule has 7 heteroatoms. The number of hydrogen-bond donors (Lipinski definition) is 2. The number of furan rings is 1. The Morgan fingerprint density at radius 2 is 2.35 bits per heavy atom. The molecular formula is C19H21FN4O2. The number of nitrogens with zero attached hydrogens (tertiary/aromatic N) is 2. The van der Waals surface area contributed by atoms with E-state index in [-0.39, 0.29) is 17.6 Å². The molecule has 2 N–H and O–H groups in total. The number of aromatic nitrogens is 2. The normalized spacial score (nSPS) is 18.3. The molecule has 1 saturated heterocycles. The third kappa shape index (κ3) is 3.77. The second kappa shape index (κ2) is 7.29. The summed E-state index contributed by atoms with van der Waals surface area (Å²) in [4.78, 5) is 22.2. The highest BCUT2D eigenvalue weighted by atomic mass is 19.1. The Labute approximate surface area is 150 Å². The molecule has 1 fully saturated rings. The first kappa shape index (κ1) is 16.8. The van der Waals surface area contributed by atoms with Crippen molar-refractivity contribution in [1.29, 1.82) is 0 Å². The van der Waals surface area contributed by atoms with Crippen molar-refractivity contribution in [3.63, 3.8) is 0 Å². The van der Waals surface area contributed by atoms with Gasteiger partial charge in [0.1, 0.15) is 17.4 Å². The van der Waals surface area contributed by atoms with Gasteiger partial charge in [0, 0.05) is 6.54 Å². The van der Waals surface area contributed by atoms with Gasteiger partial charge in [-0.25, -0.2) is 9.37 Å². The van der Waals surface area contributed by atoms with Crippen LogP contribution in [-0.2, 0) is 17.9 Å². The molecule has 3 aromatic rings. The lowest BCUT2D eigenvalue weighted by molar-refractivity contribution is -0.127. The van der Waals surface area contributed by atoms with Gasteiger partial charge >= 0.3 is 0 Å². The van der Waals surface area contributed by atoms with E-state index in [1.165, 1.54) is 12.1 Å². The maximum Gasteiger partial charge on any atom is 0.224 e. The Bertz CT molecular complexity index is 890. The fourth-order valence-corrected chi connectivity index (χ4v) is 3.47. The van der Waals surface area contributed by atoms with Crippen LogP contribution in [0.3, 0.4) is 0 Å². The number of hydrogen-bond acceptors (Lipinski definition) is 4. The zero-order chi connectivity index (χ0) is 17.9. The van der Waals surface area contributed by atoms with E-state index in [9.17, 15) is 9.18 Å². The standard InChI is InChI=1S/C19H21FN4O2/c20-14-5-6-16-17(9-14)23-18(22-16)10-21-19(25)13-3-1-7-24(11-13)12-15-4-2-8-26-15/h2,4-6,8-9,13H,1,3,7,10-12H2,(H,21,25)(H,22,23)/t13-/m1/s1. The lowest BCUT2D eigenvalue weighted by atomic mass is 9.97. The number of likely N-dealkylation sites (tertiary alicyclic amines) is 1. The summed E-state index contributed by atoms with van der Waals surface area (Å²) in [6.07, 6.45) is 3.54. The average molecular weight is 356 g/mol. The fourth-order valence-electron chi connectivity index (χ4n) is 3.47. The molecule has 0 saturated carbocycles. The summed E-state index contributed by atoms with van der Waals surface area (Å²) in [6.45, 7) is 2.73. The number of carbonyl (C=O) groups is 1. The second-order valence-corrected chi connectivity index (χ2v) is 6.72. The van der Waals surface area contributed by atoms with Crippen LogP contribution in [0.15, 0.2) is 41.0 Å². The minimum Gasteiger partial charge on any atom is -0.468 e. The molecule has 1 aromatic carbocycles. The minimum atomic E-state index is -0.310. The van der Waals surface area contributed by atoms with E-state index >= 15 is 0 Å². The zero-order valence-corrected chi connectivity index (χ0v) is 14.4. The van der Waals surface area contributed by atoms with Crippen molar-refractivity contribution >= 4 is 16.9 Å². The second-order valence-electron chi connectivity index (χ2n) is 6.72. The Morgan fingerprint density at radius 3 is 3.19 bits per heavy atom. The molecule has 26 heavy (non-hydrogen) atoms. The van der Waals surface area contributed by atoms with Gasteiger partial charge in [-0.2, -0.15) is 0 Å². The topological polar surface area (TPSA) is 74.2 Å². The van der Waals surface area contributed by atoms with Gasteiger partial charge in [-0.3, -0.25) is 9.69 Å². The smallest absolute Gasteiger partial charge is 0.224 e. The molecule has 0 bridgehead atoms. The molecule has 1 amide bonds. The van der Waals surface area contributed by atoms with Gasteiger partial charge in [-0.15, -0.1) is 0 Å². The number of benzene rings is 1. The fraction of sp³-hybridized carbons (Fsp3) is 0.368. The van der Waals surface area contributed by atoms with Gasteiger partial charge in [0.2, 0.25) is 5.91 Å². The van der Waals surface area contributed by atoms with Crippen molar-refractivity contribution < 1.29 is 13.6 Å². The maximum absolute atomic E-state index is 13.2. The van der Waals surface area contributed by atoms with E-state index in [1.807, 2.05) is 12.1 Å². The molecule has 0 unspecified atom stereocenters. The number of nitrogens with one attached hydrogen (secondary N) is 2. The predicted octanol–water partition coefficient (Wildman–Crippen LogP) is 2.82. The Balaban J connectivity index is 1.33. The number of imidazole rings is 1. The first-order valence-electron chi connectivity index (χ1n) is 8.84.